The zero-order chi connectivity index (χ0) is 15.9. The summed E-state index contributed by atoms with van der Waals surface area (Å²) in [7, 11) is 0. The SMILES string of the molecule is Cc1cc(F)ncc1C(=O)ON1C(=O)c2ccccc2C1=O. The molecule has 6 nitrogen and oxygen atoms in total. The molecule has 0 aliphatic carbocycles. The van der Waals surface area contributed by atoms with E-state index < -0.39 is 23.7 Å². The first-order valence-electron chi connectivity index (χ1n) is 6.31. The summed E-state index contributed by atoms with van der Waals surface area (Å²) in [5.41, 5.74) is 0.579. The third-order valence-electron chi connectivity index (χ3n) is 3.23. The second-order valence-electron chi connectivity index (χ2n) is 4.65. The van der Waals surface area contributed by atoms with Crippen LogP contribution in [0.4, 0.5) is 4.39 Å². The molecule has 2 heterocycles. The van der Waals surface area contributed by atoms with Crippen LogP contribution in [-0.4, -0.2) is 27.8 Å². The highest BCUT2D eigenvalue weighted by atomic mass is 19.1. The molecule has 22 heavy (non-hydrogen) atoms. The smallest absolute Gasteiger partial charge is 0.324 e. The lowest BCUT2D eigenvalue weighted by Crippen LogP contribution is -2.33. The highest BCUT2D eigenvalue weighted by molar-refractivity contribution is 6.21. The summed E-state index contributed by atoms with van der Waals surface area (Å²) < 4.78 is 12.9. The molecule has 0 atom stereocenters. The predicted octanol–water partition coefficient (Wildman–Crippen LogP) is 1.90. The predicted molar refractivity (Wildman–Crippen MR) is 71.3 cm³/mol. The minimum Gasteiger partial charge on any atom is -0.324 e. The van der Waals surface area contributed by atoms with Crippen LogP contribution in [0.5, 0.6) is 0 Å². The number of amides is 2. The molecule has 2 aromatic rings. The van der Waals surface area contributed by atoms with Gasteiger partial charge in [-0.25, -0.2) is 9.78 Å². The Labute approximate surface area is 124 Å². The van der Waals surface area contributed by atoms with Gasteiger partial charge < -0.3 is 4.84 Å². The van der Waals surface area contributed by atoms with Crippen LogP contribution in [-0.2, 0) is 4.84 Å². The molecule has 7 heteroatoms. The number of hydrogen-bond donors (Lipinski definition) is 0. The standard InChI is InChI=1S/C15H9FN2O4/c1-8-6-12(16)17-7-11(8)15(21)22-18-13(19)9-4-2-3-5-10(9)14(18)20/h2-7H,1H3. The number of halogens is 1. The Hall–Kier alpha value is -3.09. The van der Waals surface area contributed by atoms with E-state index >= 15 is 0 Å². The lowest BCUT2D eigenvalue weighted by Gasteiger charge is -2.13. The third-order valence-corrected chi connectivity index (χ3v) is 3.23. The van der Waals surface area contributed by atoms with Crippen molar-refractivity contribution >= 4 is 17.8 Å². The second kappa shape index (κ2) is 5.03. The number of benzene rings is 1. The van der Waals surface area contributed by atoms with E-state index in [4.69, 9.17) is 4.84 Å². The monoisotopic (exact) mass is 300 g/mol. The molecule has 0 bridgehead atoms. The molecule has 0 saturated carbocycles. The Balaban J connectivity index is 1.87. The first-order chi connectivity index (χ1) is 10.5. The summed E-state index contributed by atoms with van der Waals surface area (Å²) in [6.07, 6.45) is 0.991. The maximum absolute atomic E-state index is 12.9. The number of carbonyl (C=O) groups is 3. The number of carbonyl (C=O) groups excluding carboxylic acids is 3. The van der Waals surface area contributed by atoms with Crippen molar-refractivity contribution in [1.82, 2.24) is 10.0 Å². The van der Waals surface area contributed by atoms with Crippen LogP contribution in [0.3, 0.4) is 0 Å². The average molecular weight is 300 g/mol. The number of hydroxylamine groups is 2. The zero-order valence-corrected chi connectivity index (χ0v) is 11.4. The molecule has 0 fully saturated rings. The second-order valence-corrected chi connectivity index (χ2v) is 4.65. The van der Waals surface area contributed by atoms with E-state index in [-0.39, 0.29) is 22.3 Å². The van der Waals surface area contributed by atoms with Crippen LogP contribution in [0.25, 0.3) is 0 Å². The normalized spacial score (nSPS) is 13.3. The molecule has 3 rings (SSSR count). The Kier molecular flexibility index (Phi) is 3.17. The van der Waals surface area contributed by atoms with Gasteiger partial charge in [0.25, 0.3) is 11.8 Å². The summed E-state index contributed by atoms with van der Waals surface area (Å²) in [6.45, 7) is 1.49. The Morgan fingerprint density at radius 2 is 1.77 bits per heavy atom. The molecule has 0 saturated heterocycles. The number of aromatic nitrogens is 1. The number of rotatable bonds is 2. The van der Waals surface area contributed by atoms with Crippen LogP contribution >= 0.6 is 0 Å². The van der Waals surface area contributed by atoms with Crippen LogP contribution in [0.15, 0.2) is 36.5 Å². The van der Waals surface area contributed by atoms with Crippen molar-refractivity contribution in [3.63, 3.8) is 0 Å². The van der Waals surface area contributed by atoms with Crippen molar-refractivity contribution in [2.75, 3.05) is 0 Å². The number of nitrogens with zero attached hydrogens (tertiary/aromatic N) is 2. The van der Waals surface area contributed by atoms with Gasteiger partial charge in [-0.3, -0.25) is 9.59 Å². The summed E-state index contributed by atoms with van der Waals surface area (Å²) in [5, 5.41) is 0.399. The molecular weight excluding hydrogens is 291 g/mol. The van der Waals surface area contributed by atoms with Crippen LogP contribution in [0.1, 0.15) is 36.6 Å². The highest BCUT2D eigenvalue weighted by Gasteiger charge is 2.38. The average Bonchev–Trinajstić information content (AvgIpc) is 2.73. The summed E-state index contributed by atoms with van der Waals surface area (Å²) >= 11 is 0. The molecule has 1 aliphatic rings. The Morgan fingerprint density at radius 3 is 2.32 bits per heavy atom. The molecular formula is C15H9FN2O4. The summed E-state index contributed by atoms with van der Waals surface area (Å²) in [4.78, 5) is 44.4. The van der Waals surface area contributed by atoms with E-state index in [9.17, 15) is 18.8 Å². The van der Waals surface area contributed by atoms with Crippen molar-refractivity contribution in [2.24, 2.45) is 0 Å². The molecule has 0 unspecified atom stereocenters. The lowest BCUT2D eigenvalue weighted by atomic mass is 10.1. The van der Waals surface area contributed by atoms with Gasteiger partial charge in [-0.1, -0.05) is 17.2 Å². The van der Waals surface area contributed by atoms with E-state index in [1.807, 2.05) is 0 Å². The van der Waals surface area contributed by atoms with Crippen LogP contribution < -0.4 is 0 Å². The molecule has 0 spiro atoms. The van der Waals surface area contributed by atoms with Gasteiger partial charge in [0.05, 0.1) is 16.7 Å². The van der Waals surface area contributed by atoms with E-state index in [1.54, 1.807) is 12.1 Å². The summed E-state index contributed by atoms with van der Waals surface area (Å²) in [5.74, 6) is -3.14. The van der Waals surface area contributed by atoms with Crippen molar-refractivity contribution in [1.29, 1.82) is 0 Å². The highest BCUT2D eigenvalue weighted by Crippen LogP contribution is 2.23. The van der Waals surface area contributed by atoms with Crippen LogP contribution in [0.2, 0.25) is 0 Å². The first-order valence-corrected chi connectivity index (χ1v) is 6.31. The van der Waals surface area contributed by atoms with Gasteiger partial charge >= 0.3 is 5.97 Å². The lowest BCUT2D eigenvalue weighted by molar-refractivity contribution is -0.0585. The van der Waals surface area contributed by atoms with Gasteiger partial charge in [-0.2, -0.15) is 4.39 Å². The number of pyridine rings is 1. The van der Waals surface area contributed by atoms with Gasteiger partial charge in [0.2, 0.25) is 5.95 Å². The topological polar surface area (TPSA) is 76.6 Å². The van der Waals surface area contributed by atoms with Gasteiger partial charge in [-0.05, 0) is 30.7 Å². The van der Waals surface area contributed by atoms with E-state index in [1.165, 1.54) is 19.1 Å². The third kappa shape index (κ3) is 2.12. The molecule has 2 amide bonds. The molecule has 1 aromatic carbocycles. The quantitative estimate of drug-likeness (QED) is 0.625. The Morgan fingerprint density at radius 1 is 1.18 bits per heavy atom. The molecule has 1 aliphatic heterocycles. The van der Waals surface area contributed by atoms with Gasteiger partial charge in [0, 0.05) is 6.20 Å². The largest absolute Gasteiger partial charge is 0.365 e. The fourth-order valence-corrected chi connectivity index (χ4v) is 2.12. The summed E-state index contributed by atoms with van der Waals surface area (Å²) in [6, 6.07) is 7.19. The van der Waals surface area contributed by atoms with Gasteiger partial charge in [0.1, 0.15) is 0 Å². The fraction of sp³-hybridized carbons (Fsp3) is 0.0667. The zero-order valence-electron chi connectivity index (χ0n) is 11.4. The molecule has 1 aromatic heterocycles. The van der Waals surface area contributed by atoms with Crippen molar-refractivity contribution in [2.45, 2.75) is 6.92 Å². The van der Waals surface area contributed by atoms with E-state index in [0.29, 0.717) is 5.06 Å². The molecule has 0 N–H and O–H groups in total. The maximum atomic E-state index is 12.9. The maximum Gasteiger partial charge on any atom is 0.365 e. The van der Waals surface area contributed by atoms with Crippen molar-refractivity contribution in [3.8, 4) is 0 Å². The van der Waals surface area contributed by atoms with Crippen LogP contribution in [0, 0.1) is 12.9 Å². The van der Waals surface area contributed by atoms with Crippen molar-refractivity contribution < 1.29 is 23.6 Å². The van der Waals surface area contributed by atoms with Gasteiger partial charge in [0.15, 0.2) is 0 Å². The molecule has 0 radical (unpaired) electrons. The van der Waals surface area contributed by atoms with E-state index in [2.05, 4.69) is 4.98 Å². The minimum atomic E-state index is -0.959. The Bertz CT molecular complexity index is 784. The number of fused-ring (bicyclic) bond motifs is 1. The fourth-order valence-electron chi connectivity index (χ4n) is 2.12. The van der Waals surface area contributed by atoms with Gasteiger partial charge in [-0.15, -0.1) is 0 Å². The number of aryl methyl sites for hydroxylation is 1. The van der Waals surface area contributed by atoms with E-state index in [0.717, 1.165) is 12.3 Å². The first kappa shape index (κ1) is 13.9. The molecule has 110 valence electrons. The minimum absolute atomic E-state index is 0.0297. The number of imide groups is 1. The van der Waals surface area contributed by atoms with Crippen molar-refractivity contribution in [3.05, 3.63) is 64.7 Å². The number of hydrogen-bond acceptors (Lipinski definition) is 5.